The van der Waals surface area contributed by atoms with Gasteiger partial charge in [-0.3, -0.25) is 14.2 Å². The Labute approximate surface area is 167 Å². The lowest BCUT2D eigenvalue weighted by atomic mass is 10.2. The van der Waals surface area contributed by atoms with Crippen LogP contribution in [0.3, 0.4) is 0 Å². The van der Waals surface area contributed by atoms with Crippen molar-refractivity contribution in [1.29, 1.82) is 0 Å². The number of rotatable bonds is 6. The number of carbonyl (C=O) groups is 2. The smallest absolute Gasteiger partial charge is 0.356 e. The lowest BCUT2D eigenvalue weighted by Crippen LogP contribution is -2.24. The van der Waals surface area contributed by atoms with E-state index in [0.29, 0.717) is 21.9 Å². The van der Waals surface area contributed by atoms with Crippen LogP contribution >= 0.6 is 27.5 Å². The summed E-state index contributed by atoms with van der Waals surface area (Å²) in [6, 6.07) is 8.06. The number of halogens is 2. The number of carboxylic acid groups (broad SMARTS) is 1. The van der Waals surface area contributed by atoms with Crippen LogP contribution in [0.4, 0.5) is 5.82 Å². The number of nitrogens with one attached hydrogen (secondary N) is 1. The third-order valence-electron chi connectivity index (χ3n) is 3.85. The predicted octanol–water partition coefficient (Wildman–Crippen LogP) is 3.44. The SMILES string of the molecule is CC(C(=O)Nc1nn(Cc2ccccc2Cl)cc1Br)n1ccc(C(=O)O)n1. The Morgan fingerprint density at radius 1 is 1.30 bits per heavy atom. The normalized spacial score (nSPS) is 12.0. The van der Waals surface area contributed by atoms with E-state index in [0.717, 1.165) is 5.56 Å². The molecule has 10 heteroatoms. The molecule has 3 rings (SSSR count). The average Bonchev–Trinajstić information content (AvgIpc) is 3.24. The molecule has 0 bridgehead atoms. The first-order valence-corrected chi connectivity index (χ1v) is 9.08. The molecule has 2 heterocycles. The quantitative estimate of drug-likeness (QED) is 0.596. The highest BCUT2D eigenvalue weighted by Gasteiger charge is 2.20. The van der Waals surface area contributed by atoms with Gasteiger partial charge in [-0.2, -0.15) is 10.2 Å². The molecule has 1 atom stereocenters. The van der Waals surface area contributed by atoms with Gasteiger partial charge in [0.05, 0.1) is 11.0 Å². The summed E-state index contributed by atoms with van der Waals surface area (Å²) in [6.45, 7) is 2.06. The van der Waals surface area contributed by atoms with Gasteiger partial charge in [-0.15, -0.1) is 0 Å². The number of carbonyl (C=O) groups excluding carboxylic acids is 1. The molecule has 0 aliphatic heterocycles. The monoisotopic (exact) mass is 451 g/mol. The molecular formula is C17H15BrClN5O3. The topological polar surface area (TPSA) is 102 Å². The lowest BCUT2D eigenvalue weighted by Gasteiger charge is -2.11. The number of hydrogen-bond donors (Lipinski definition) is 2. The van der Waals surface area contributed by atoms with Crippen molar-refractivity contribution < 1.29 is 14.7 Å². The summed E-state index contributed by atoms with van der Waals surface area (Å²) < 4.78 is 3.55. The minimum atomic E-state index is -1.15. The maximum Gasteiger partial charge on any atom is 0.356 e. The molecule has 2 aromatic heterocycles. The molecular weight excluding hydrogens is 438 g/mol. The van der Waals surface area contributed by atoms with Crippen molar-refractivity contribution in [2.75, 3.05) is 5.32 Å². The van der Waals surface area contributed by atoms with Crippen molar-refractivity contribution in [2.24, 2.45) is 0 Å². The minimum Gasteiger partial charge on any atom is -0.476 e. The Kier molecular flexibility index (Phi) is 5.62. The molecule has 2 N–H and O–H groups in total. The van der Waals surface area contributed by atoms with Gasteiger partial charge in [0.1, 0.15) is 6.04 Å². The molecule has 1 amide bonds. The number of amides is 1. The molecule has 0 aliphatic carbocycles. The van der Waals surface area contributed by atoms with E-state index < -0.39 is 12.0 Å². The molecule has 0 fully saturated rings. The summed E-state index contributed by atoms with van der Waals surface area (Å²) >= 11 is 9.54. The van der Waals surface area contributed by atoms with Crippen LogP contribution in [0.2, 0.25) is 5.02 Å². The van der Waals surface area contributed by atoms with Crippen LogP contribution in [0.5, 0.6) is 0 Å². The third-order valence-corrected chi connectivity index (χ3v) is 4.80. The van der Waals surface area contributed by atoms with Crippen molar-refractivity contribution in [3.8, 4) is 0 Å². The minimum absolute atomic E-state index is 0.125. The fourth-order valence-electron chi connectivity index (χ4n) is 2.37. The molecule has 0 spiro atoms. The van der Waals surface area contributed by atoms with Crippen LogP contribution < -0.4 is 5.32 Å². The Bertz CT molecular complexity index is 1000. The molecule has 0 radical (unpaired) electrons. The first-order valence-electron chi connectivity index (χ1n) is 7.91. The van der Waals surface area contributed by atoms with Crippen molar-refractivity contribution in [1.82, 2.24) is 19.6 Å². The fourth-order valence-corrected chi connectivity index (χ4v) is 2.98. The van der Waals surface area contributed by atoms with E-state index in [1.54, 1.807) is 23.9 Å². The van der Waals surface area contributed by atoms with Crippen LogP contribution in [-0.4, -0.2) is 36.5 Å². The van der Waals surface area contributed by atoms with E-state index in [-0.39, 0.29) is 11.6 Å². The molecule has 140 valence electrons. The summed E-state index contributed by atoms with van der Waals surface area (Å²) in [7, 11) is 0. The van der Waals surface area contributed by atoms with Crippen LogP contribution in [0.15, 0.2) is 47.2 Å². The van der Waals surface area contributed by atoms with Gasteiger partial charge in [-0.1, -0.05) is 29.8 Å². The van der Waals surface area contributed by atoms with Gasteiger partial charge < -0.3 is 10.4 Å². The van der Waals surface area contributed by atoms with E-state index in [1.165, 1.54) is 16.9 Å². The molecule has 8 nitrogen and oxygen atoms in total. The maximum absolute atomic E-state index is 12.5. The first kappa shape index (κ1) is 19.1. The number of aromatic nitrogens is 4. The van der Waals surface area contributed by atoms with Gasteiger partial charge in [0, 0.05) is 17.4 Å². The molecule has 1 unspecified atom stereocenters. The molecule has 0 saturated heterocycles. The Morgan fingerprint density at radius 2 is 2.04 bits per heavy atom. The number of carboxylic acids is 1. The third kappa shape index (κ3) is 4.37. The zero-order valence-corrected chi connectivity index (χ0v) is 16.5. The van der Waals surface area contributed by atoms with E-state index >= 15 is 0 Å². The highest BCUT2D eigenvalue weighted by molar-refractivity contribution is 9.10. The zero-order chi connectivity index (χ0) is 19.6. The molecule has 27 heavy (non-hydrogen) atoms. The fraction of sp³-hybridized carbons (Fsp3) is 0.176. The summed E-state index contributed by atoms with van der Waals surface area (Å²) in [5.41, 5.74) is 0.776. The predicted molar refractivity (Wildman–Crippen MR) is 103 cm³/mol. The van der Waals surface area contributed by atoms with Crippen LogP contribution in [0, 0.1) is 0 Å². The van der Waals surface area contributed by atoms with Gasteiger partial charge in [0.15, 0.2) is 11.5 Å². The average molecular weight is 453 g/mol. The maximum atomic E-state index is 12.5. The van der Waals surface area contributed by atoms with Crippen molar-refractivity contribution in [3.63, 3.8) is 0 Å². The number of hydrogen-bond acceptors (Lipinski definition) is 4. The van der Waals surface area contributed by atoms with E-state index in [2.05, 4.69) is 31.4 Å². The Hall–Kier alpha value is -2.65. The molecule has 3 aromatic rings. The highest BCUT2D eigenvalue weighted by Crippen LogP contribution is 2.23. The molecule has 0 saturated carbocycles. The largest absolute Gasteiger partial charge is 0.476 e. The van der Waals surface area contributed by atoms with Gasteiger partial charge in [-0.05, 0) is 40.5 Å². The Morgan fingerprint density at radius 3 is 2.70 bits per heavy atom. The summed E-state index contributed by atoms with van der Waals surface area (Å²) in [6.07, 6.45) is 3.18. The van der Waals surface area contributed by atoms with E-state index in [4.69, 9.17) is 16.7 Å². The number of aromatic carboxylic acids is 1. The van der Waals surface area contributed by atoms with Gasteiger partial charge in [-0.25, -0.2) is 4.79 Å². The summed E-state index contributed by atoms with van der Waals surface area (Å²) in [4.78, 5) is 23.4. The second-order valence-corrected chi connectivity index (χ2v) is 7.03. The standard InChI is InChI=1S/C17H15BrClN5O3/c1-10(24-7-6-14(21-24)17(26)27)16(25)20-15-12(18)9-23(22-15)8-11-4-2-3-5-13(11)19/h2-7,9-10H,8H2,1H3,(H,26,27)(H,20,22,25). The summed E-state index contributed by atoms with van der Waals surface area (Å²) in [5, 5.41) is 20.5. The lowest BCUT2D eigenvalue weighted by molar-refractivity contribution is -0.119. The van der Waals surface area contributed by atoms with E-state index in [9.17, 15) is 9.59 Å². The zero-order valence-electron chi connectivity index (χ0n) is 14.1. The van der Waals surface area contributed by atoms with E-state index in [1.807, 2.05) is 18.2 Å². The second-order valence-electron chi connectivity index (χ2n) is 5.77. The highest BCUT2D eigenvalue weighted by atomic mass is 79.9. The van der Waals surface area contributed by atoms with Crippen molar-refractivity contribution >= 4 is 45.2 Å². The van der Waals surface area contributed by atoms with Crippen molar-refractivity contribution in [2.45, 2.75) is 19.5 Å². The van der Waals surface area contributed by atoms with Gasteiger partial charge in [0.2, 0.25) is 5.91 Å². The van der Waals surface area contributed by atoms with Gasteiger partial charge in [0.25, 0.3) is 0 Å². The molecule has 1 aromatic carbocycles. The van der Waals surface area contributed by atoms with Crippen molar-refractivity contribution in [3.05, 3.63) is 63.5 Å². The van der Waals surface area contributed by atoms with Crippen LogP contribution in [0.1, 0.15) is 29.0 Å². The van der Waals surface area contributed by atoms with Crippen LogP contribution in [0.25, 0.3) is 0 Å². The van der Waals surface area contributed by atoms with Gasteiger partial charge >= 0.3 is 5.97 Å². The molecule has 0 aliphatic rings. The Balaban J connectivity index is 1.71. The first-order chi connectivity index (χ1) is 12.8. The van der Waals surface area contributed by atoms with Crippen LogP contribution in [-0.2, 0) is 11.3 Å². The number of benzene rings is 1. The number of anilines is 1. The number of nitrogens with zero attached hydrogens (tertiary/aromatic N) is 4. The second kappa shape index (κ2) is 7.93. The summed E-state index contributed by atoms with van der Waals surface area (Å²) in [5.74, 6) is -1.18.